The second-order valence-electron chi connectivity index (χ2n) is 4.94. The molecule has 1 aliphatic rings. The Bertz CT molecular complexity index is 622. The molecule has 0 aromatic carbocycles. The van der Waals surface area contributed by atoms with Crippen molar-refractivity contribution >= 4 is 28.8 Å². The van der Waals surface area contributed by atoms with Gasteiger partial charge in [0.1, 0.15) is 5.01 Å². The summed E-state index contributed by atoms with van der Waals surface area (Å²) in [5, 5.41) is 3.27. The molecule has 0 saturated carbocycles. The van der Waals surface area contributed by atoms with E-state index in [1.807, 2.05) is 17.2 Å². The zero-order valence-corrected chi connectivity index (χ0v) is 12.7. The van der Waals surface area contributed by atoms with Crippen LogP contribution < -0.4 is 0 Å². The Hall–Kier alpha value is -1.33. The number of carbonyl (C=O) groups is 1. The summed E-state index contributed by atoms with van der Waals surface area (Å²) >= 11 is 7.37. The maximum atomic E-state index is 12.6. The molecule has 6 heteroatoms. The number of likely N-dealkylation sites (tertiary alicyclic amines) is 1. The molecule has 0 spiro atoms. The second kappa shape index (κ2) is 5.58. The van der Waals surface area contributed by atoms with Gasteiger partial charge >= 0.3 is 0 Å². The normalized spacial score (nSPS) is 19.3. The average molecular weight is 311 g/mol. The van der Waals surface area contributed by atoms with Crippen molar-refractivity contribution in [2.75, 3.05) is 6.54 Å². The minimum atomic E-state index is -0.102. The number of hydrogen-bond donors (Lipinski definition) is 0. The number of furan rings is 1. The topological polar surface area (TPSA) is 46.3 Å². The van der Waals surface area contributed by atoms with Gasteiger partial charge < -0.3 is 9.32 Å². The number of nitrogens with zero attached hydrogens (tertiary/aromatic N) is 2. The Balaban J connectivity index is 1.87. The van der Waals surface area contributed by atoms with Crippen LogP contribution in [-0.2, 0) is 0 Å². The number of aryl methyl sites for hydroxylation is 1. The van der Waals surface area contributed by atoms with E-state index < -0.39 is 0 Å². The molecule has 106 valence electrons. The molecule has 0 unspecified atom stereocenters. The van der Waals surface area contributed by atoms with Crippen molar-refractivity contribution in [1.29, 1.82) is 0 Å². The average Bonchev–Trinajstić information content (AvgIpc) is 3.07. The lowest BCUT2D eigenvalue weighted by molar-refractivity contribution is 0.0578. The highest BCUT2D eigenvalue weighted by Gasteiger charge is 2.31. The van der Waals surface area contributed by atoms with Crippen LogP contribution in [0.2, 0.25) is 5.22 Å². The largest absolute Gasteiger partial charge is 0.440 e. The lowest BCUT2D eigenvalue weighted by atomic mass is 10.0. The highest BCUT2D eigenvalue weighted by Crippen LogP contribution is 2.34. The fourth-order valence-electron chi connectivity index (χ4n) is 2.53. The van der Waals surface area contributed by atoms with Gasteiger partial charge in [-0.15, -0.1) is 11.3 Å². The molecule has 1 fully saturated rings. The summed E-state index contributed by atoms with van der Waals surface area (Å²) < 4.78 is 5.25. The monoisotopic (exact) mass is 310 g/mol. The fraction of sp³-hybridized carbons (Fsp3) is 0.429. The van der Waals surface area contributed by atoms with E-state index in [4.69, 9.17) is 16.0 Å². The zero-order valence-electron chi connectivity index (χ0n) is 11.1. The first-order valence-corrected chi connectivity index (χ1v) is 7.89. The summed E-state index contributed by atoms with van der Waals surface area (Å²) in [5.74, 6) is 0.199. The van der Waals surface area contributed by atoms with Gasteiger partial charge in [-0.1, -0.05) is 0 Å². The summed E-state index contributed by atoms with van der Waals surface area (Å²) in [6.07, 6.45) is 3.08. The molecule has 0 N–H and O–H groups in total. The highest BCUT2D eigenvalue weighted by atomic mass is 35.5. The summed E-state index contributed by atoms with van der Waals surface area (Å²) in [6, 6.07) is 3.28. The number of halogens is 1. The quantitative estimate of drug-likeness (QED) is 0.840. The van der Waals surface area contributed by atoms with E-state index >= 15 is 0 Å². The maximum Gasteiger partial charge on any atom is 0.290 e. The van der Waals surface area contributed by atoms with Gasteiger partial charge in [-0.25, -0.2) is 4.98 Å². The third-order valence-corrected chi connectivity index (χ3v) is 4.74. The number of hydrogen-bond acceptors (Lipinski definition) is 4. The van der Waals surface area contributed by atoms with Crippen LogP contribution in [0.5, 0.6) is 0 Å². The molecule has 2 aromatic rings. The maximum absolute atomic E-state index is 12.6. The predicted octanol–water partition coefficient (Wildman–Crippen LogP) is 4.07. The van der Waals surface area contributed by atoms with E-state index in [-0.39, 0.29) is 17.2 Å². The summed E-state index contributed by atoms with van der Waals surface area (Å²) in [4.78, 5) is 18.9. The molecule has 0 aliphatic carbocycles. The molecule has 0 radical (unpaired) electrons. The lowest BCUT2D eigenvalue weighted by Gasteiger charge is -2.33. The van der Waals surface area contributed by atoms with Crippen LogP contribution in [0, 0.1) is 6.92 Å². The second-order valence-corrected chi connectivity index (χ2v) is 6.20. The SMILES string of the molecule is Cc1csc([C@@H]2CCCCN2C(=O)c2ccc(Cl)o2)n1. The van der Waals surface area contributed by atoms with Gasteiger partial charge in [0.15, 0.2) is 11.0 Å². The minimum Gasteiger partial charge on any atom is -0.440 e. The molecule has 20 heavy (non-hydrogen) atoms. The standard InChI is InChI=1S/C14H15ClN2O2S/c1-9-8-20-13(16-9)10-4-2-3-7-17(10)14(18)11-5-6-12(15)19-11/h5-6,8,10H,2-4,7H2,1H3/t10-/m0/s1. The van der Waals surface area contributed by atoms with Crippen LogP contribution in [0.1, 0.15) is 46.6 Å². The van der Waals surface area contributed by atoms with E-state index in [1.54, 1.807) is 23.5 Å². The highest BCUT2D eigenvalue weighted by molar-refractivity contribution is 7.09. The molecular formula is C14H15ClN2O2S. The van der Waals surface area contributed by atoms with Crippen LogP contribution in [0.4, 0.5) is 0 Å². The van der Waals surface area contributed by atoms with Crippen molar-refractivity contribution in [2.24, 2.45) is 0 Å². The summed E-state index contributed by atoms with van der Waals surface area (Å²) in [5.41, 5.74) is 1.00. The molecule has 4 nitrogen and oxygen atoms in total. The van der Waals surface area contributed by atoms with Crippen molar-refractivity contribution in [2.45, 2.75) is 32.2 Å². The van der Waals surface area contributed by atoms with Crippen LogP contribution in [-0.4, -0.2) is 22.3 Å². The van der Waals surface area contributed by atoms with Gasteiger partial charge in [0, 0.05) is 17.6 Å². The third kappa shape index (κ3) is 2.60. The van der Waals surface area contributed by atoms with Crippen molar-refractivity contribution in [3.05, 3.63) is 39.2 Å². The molecule has 2 aromatic heterocycles. The number of rotatable bonds is 2. The van der Waals surface area contributed by atoms with Gasteiger partial charge in [-0.3, -0.25) is 4.79 Å². The fourth-order valence-corrected chi connectivity index (χ4v) is 3.62. The summed E-state index contributed by atoms with van der Waals surface area (Å²) in [6.45, 7) is 2.71. The first kappa shape index (κ1) is 13.6. The van der Waals surface area contributed by atoms with E-state index in [0.717, 1.165) is 36.5 Å². The molecule has 1 saturated heterocycles. The smallest absolute Gasteiger partial charge is 0.290 e. The van der Waals surface area contributed by atoms with Crippen molar-refractivity contribution < 1.29 is 9.21 Å². The van der Waals surface area contributed by atoms with Crippen LogP contribution in [0.15, 0.2) is 21.9 Å². The van der Waals surface area contributed by atoms with E-state index in [1.165, 1.54) is 0 Å². The van der Waals surface area contributed by atoms with E-state index in [2.05, 4.69) is 4.98 Å². The van der Waals surface area contributed by atoms with Crippen LogP contribution >= 0.6 is 22.9 Å². The molecule has 3 rings (SSSR count). The Kier molecular flexibility index (Phi) is 3.81. The molecule has 1 amide bonds. The van der Waals surface area contributed by atoms with E-state index in [0.29, 0.717) is 5.76 Å². The Labute approximate surface area is 126 Å². The van der Waals surface area contributed by atoms with Gasteiger partial charge in [0.05, 0.1) is 6.04 Å². The van der Waals surface area contributed by atoms with Crippen molar-refractivity contribution in [1.82, 2.24) is 9.88 Å². The Morgan fingerprint density at radius 1 is 1.50 bits per heavy atom. The minimum absolute atomic E-state index is 0.0545. The Morgan fingerprint density at radius 3 is 3.00 bits per heavy atom. The van der Waals surface area contributed by atoms with Gasteiger partial charge in [0.25, 0.3) is 5.91 Å². The van der Waals surface area contributed by atoms with Crippen LogP contribution in [0.3, 0.4) is 0 Å². The van der Waals surface area contributed by atoms with Crippen molar-refractivity contribution in [3.63, 3.8) is 0 Å². The predicted molar refractivity (Wildman–Crippen MR) is 78.2 cm³/mol. The Morgan fingerprint density at radius 2 is 2.35 bits per heavy atom. The van der Waals surface area contributed by atoms with Crippen LogP contribution in [0.25, 0.3) is 0 Å². The first-order valence-electron chi connectivity index (χ1n) is 6.63. The van der Waals surface area contributed by atoms with Gasteiger partial charge in [0.2, 0.25) is 0 Å². The molecule has 1 aliphatic heterocycles. The lowest BCUT2D eigenvalue weighted by Crippen LogP contribution is -2.38. The number of amides is 1. The molecule has 0 bridgehead atoms. The number of carbonyl (C=O) groups excluding carboxylic acids is 1. The molecular weight excluding hydrogens is 296 g/mol. The molecule has 1 atom stereocenters. The van der Waals surface area contributed by atoms with Crippen molar-refractivity contribution in [3.8, 4) is 0 Å². The third-order valence-electron chi connectivity index (χ3n) is 3.47. The first-order chi connectivity index (χ1) is 9.65. The van der Waals surface area contributed by atoms with E-state index in [9.17, 15) is 4.79 Å². The molecule has 3 heterocycles. The van der Waals surface area contributed by atoms with Gasteiger partial charge in [-0.05, 0) is 49.9 Å². The number of thiazole rings is 1. The summed E-state index contributed by atoms with van der Waals surface area (Å²) in [7, 11) is 0. The van der Waals surface area contributed by atoms with Gasteiger partial charge in [-0.2, -0.15) is 0 Å². The number of piperidine rings is 1. The zero-order chi connectivity index (χ0) is 14.1. The number of aromatic nitrogens is 1.